The molecule has 17 heavy (non-hydrogen) atoms. The normalized spacial score (nSPS) is 15.4. The summed E-state index contributed by atoms with van der Waals surface area (Å²) in [6.45, 7) is 5.62. The maximum atomic E-state index is 11.2. The van der Waals surface area contributed by atoms with Crippen molar-refractivity contribution in [2.24, 2.45) is 0 Å². The van der Waals surface area contributed by atoms with Gasteiger partial charge < -0.3 is 20.1 Å². The van der Waals surface area contributed by atoms with Crippen molar-refractivity contribution < 1.29 is 9.32 Å². The second-order valence-corrected chi connectivity index (χ2v) is 3.95. The first-order valence-electron chi connectivity index (χ1n) is 5.78. The smallest absolute Gasteiger partial charge is 0.317 e. The Hall–Kier alpha value is -1.63. The fourth-order valence-electron chi connectivity index (χ4n) is 1.71. The van der Waals surface area contributed by atoms with Gasteiger partial charge in [0.05, 0.1) is 0 Å². The van der Waals surface area contributed by atoms with Gasteiger partial charge in [0.25, 0.3) is 0 Å². The Labute approximate surface area is 99.6 Å². The third kappa shape index (κ3) is 3.42. The molecule has 1 aromatic heterocycles. The molecule has 0 radical (unpaired) electrons. The van der Waals surface area contributed by atoms with Crippen LogP contribution < -0.4 is 10.6 Å². The van der Waals surface area contributed by atoms with Crippen LogP contribution in [0.1, 0.15) is 11.7 Å². The summed E-state index contributed by atoms with van der Waals surface area (Å²) in [5.74, 6) is 1.31. The van der Waals surface area contributed by atoms with Gasteiger partial charge in [-0.25, -0.2) is 4.79 Å². The van der Waals surface area contributed by atoms with Crippen molar-refractivity contribution in [1.82, 2.24) is 25.7 Å². The van der Waals surface area contributed by atoms with Crippen molar-refractivity contribution in [1.29, 1.82) is 0 Å². The molecule has 2 N–H and O–H groups in total. The molecule has 0 spiro atoms. The Kier molecular flexibility index (Phi) is 3.92. The molecule has 1 saturated heterocycles. The van der Waals surface area contributed by atoms with Gasteiger partial charge in [0.1, 0.15) is 0 Å². The number of hydrogen-bond acceptors (Lipinski definition) is 5. The van der Waals surface area contributed by atoms with Crippen molar-refractivity contribution >= 4 is 6.03 Å². The van der Waals surface area contributed by atoms with Gasteiger partial charge in [0.15, 0.2) is 5.82 Å². The van der Waals surface area contributed by atoms with E-state index in [2.05, 4.69) is 20.8 Å². The second-order valence-electron chi connectivity index (χ2n) is 3.95. The van der Waals surface area contributed by atoms with E-state index in [0.29, 0.717) is 11.7 Å². The van der Waals surface area contributed by atoms with Crippen LogP contribution in [0.5, 0.6) is 0 Å². The topological polar surface area (TPSA) is 83.3 Å². The van der Waals surface area contributed by atoms with Crippen LogP contribution in [-0.4, -0.2) is 53.8 Å². The number of hydrogen-bond donors (Lipinski definition) is 2. The third-order valence-corrected chi connectivity index (χ3v) is 2.60. The highest BCUT2D eigenvalue weighted by molar-refractivity contribution is 5.76. The summed E-state index contributed by atoms with van der Waals surface area (Å²) in [6.07, 6.45) is 0.740. The molecule has 0 saturated carbocycles. The van der Waals surface area contributed by atoms with E-state index in [0.717, 1.165) is 39.1 Å². The van der Waals surface area contributed by atoms with E-state index in [1.165, 1.54) is 0 Å². The summed E-state index contributed by atoms with van der Waals surface area (Å²) in [5.41, 5.74) is 0. The quantitative estimate of drug-likeness (QED) is 0.656. The van der Waals surface area contributed by atoms with Gasteiger partial charge in [-0.15, -0.1) is 0 Å². The van der Waals surface area contributed by atoms with Crippen molar-refractivity contribution in [2.75, 3.05) is 32.7 Å². The zero-order valence-electron chi connectivity index (χ0n) is 9.90. The van der Waals surface area contributed by atoms with Gasteiger partial charge in [-0.3, -0.25) is 0 Å². The molecule has 2 heterocycles. The van der Waals surface area contributed by atoms with E-state index in [1.807, 2.05) is 0 Å². The van der Waals surface area contributed by atoms with Gasteiger partial charge >= 0.3 is 6.03 Å². The molecule has 2 amide bonds. The summed E-state index contributed by atoms with van der Waals surface area (Å²) >= 11 is 0. The number of amides is 2. The predicted octanol–water partition coefficient (Wildman–Crippen LogP) is -0.465. The number of carbonyl (C=O) groups is 1. The predicted molar refractivity (Wildman–Crippen MR) is 60.6 cm³/mol. The molecule has 0 aromatic carbocycles. The summed E-state index contributed by atoms with van der Waals surface area (Å²) < 4.78 is 4.87. The molecule has 1 aliphatic heterocycles. The molecule has 94 valence electrons. The monoisotopic (exact) mass is 239 g/mol. The van der Waals surface area contributed by atoms with Crippen LogP contribution in [0.3, 0.4) is 0 Å². The lowest BCUT2D eigenvalue weighted by molar-refractivity contribution is 0.217. The summed E-state index contributed by atoms with van der Waals surface area (Å²) in [4.78, 5) is 17.1. The van der Waals surface area contributed by atoms with E-state index in [-0.39, 0.29) is 6.03 Å². The minimum atomic E-state index is 0.0283. The molecule has 7 heteroatoms. The number of aryl methyl sites for hydroxylation is 1. The molecule has 0 atom stereocenters. The van der Waals surface area contributed by atoms with Gasteiger partial charge in [0, 0.05) is 46.1 Å². The molecule has 1 aliphatic rings. The third-order valence-electron chi connectivity index (χ3n) is 2.60. The fourth-order valence-corrected chi connectivity index (χ4v) is 1.71. The fraction of sp³-hybridized carbons (Fsp3) is 0.700. The lowest BCUT2D eigenvalue weighted by Crippen LogP contribution is -2.35. The van der Waals surface area contributed by atoms with Crippen LogP contribution >= 0.6 is 0 Å². The van der Waals surface area contributed by atoms with Crippen LogP contribution in [0.4, 0.5) is 4.79 Å². The number of nitrogens with zero attached hydrogens (tertiary/aromatic N) is 3. The van der Waals surface area contributed by atoms with Gasteiger partial charge in [-0.05, 0) is 0 Å². The Morgan fingerprint density at radius 2 is 2.41 bits per heavy atom. The van der Waals surface area contributed by atoms with Crippen molar-refractivity contribution in [3.63, 3.8) is 0 Å². The lowest BCUT2D eigenvalue weighted by Gasteiger charge is -2.13. The molecule has 0 unspecified atom stereocenters. The number of carbonyl (C=O) groups excluding carboxylic acids is 1. The van der Waals surface area contributed by atoms with E-state index < -0.39 is 0 Å². The second kappa shape index (κ2) is 5.62. The average Bonchev–Trinajstić information content (AvgIpc) is 2.88. The summed E-state index contributed by atoms with van der Waals surface area (Å²) in [7, 11) is 0. The first-order valence-corrected chi connectivity index (χ1v) is 5.78. The molecular formula is C10H17N5O2. The Morgan fingerprint density at radius 1 is 1.53 bits per heavy atom. The van der Waals surface area contributed by atoms with Crippen molar-refractivity contribution in [3.05, 3.63) is 11.7 Å². The zero-order chi connectivity index (χ0) is 12.1. The van der Waals surface area contributed by atoms with E-state index in [9.17, 15) is 4.79 Å². The van der Waals surface area contributed by atoms with Crippen LogP contribution in [0.25, 0.3) is 0 Å². The molecular weight excluding hydrogens is 222 g/mol. The van der Waals surface area contributed by atoms with Crippen LogP contribution in [0, 0.1) is 6.92 Å². The molecule has 1 aromatic rings. The number of rotatable bonds is 6. The Bertz CT molecular complexity index is 379. The van der Waals surface area contributed by atoms with E-state index >= 15 is 0 Å². The molecule has 0 bridgehead atoms. The minimum Gasteiger partial charge on any atom is -0.340 e. The molecule has 0 aliphatic carbocycles. The molecule has 7 nitrogen and oxygen atoms in total. The average molecular weight is 239 g/mol. The first-order chi connectivity index (χ1) is 8.25. The van der Waals surface area contributed by atoms with Crippen LogP contribution in [0.2, 0.25) is 0 Å². The SMILES string of the molecule is Cc1nc(CCNCCN2CCNC2=O)no1. The lowest BCUT2D eigenvalue weighted by atomic mass is 10.4. The minimum absolute atomic E-state index is 0.0283. The Balaban J connectivity index is 1.56. The summed E-state index contributed by atoms with van der Waals surface area (Å²) in [6, 6.07) is 0.0283. The van der Waals surface area contributed by atoms with Gasteiger partial charge in [-0.2, -0.15) is 4.98 Å². The van der Waals surface area contributed by atoms with Crippen molar-refractivity contribution in [3.8, 4) is 0 Å². The van der Waals surface area contributed by atoms with E-state index in [1.54, 1.807) is 11.8 Å². The number of urea groups is 1. The highest BCUT2D eigenvalue weighted by Crippen LogP contribution is 1.96. The van der Waals surface area contributed by atoms with Gasteiger partial charge in [-0.1, -0.05) is 5.16 Å². The van der Waals surface area contributed by atoms with Crippen LogP contribution in [0.15, 0.2) is 4.52 Å². The maximum Gasteiger partial charge on any atom is 0.317 e. The highest BCUT2D eigenvalue weighted by atomic mass is 16.5. The summed E-state index contributed by atoms with van der Waals surface area (Å²) in [5, 5.41) is 9.82. The first kappa shape index (κ1) is 11.8. The van der Waals surface area contributed by atoms with Crippen LogP contribution in [-0.2, 0) is 6.42 Å². The van der Waals surface area contributed by atoms with E-state index in [4.69, 9.17) is 4.52 Å². The largest absolute Gasteiger partial charge is 0.340 e. The van der Waals surface area contributed by atoms with Gasteiger partial charge in [0.2, 0.25) is 5.89 Å². The maximum absolute atomic E-state index is 11.2. The standard InChI is InChI=1S/C10H17N5O2/c1-8-13-9(14-17-8)2-3-11-4-6-15-7-5-12-10(15)16/h11H,2-7H2,1H3,(H,12,16). The molecule has 2 rings (SSSR count). The van der Waals surface area contributed by atoms with Crippen molar-refractivity contribution in [2.45, 2.75) is 13.3 Å². The number of nitrogens with one attached hydrogen (secondary N) is 2. The molecule has 1 fully saturated rings. The Morgan fingerprint density at radius 3 is 3.06 bits per heavy atom. The highest BCUT2D eigenvalue weighted by Gasteiger charge is 2.17. The number of aromatic nitrogens is 2. The zero-order valence-corrected chi connectivity index (χ0v) is 9.90.